The summed E-state index contributed by atoms with van der Waals surface area (Å²) in [5, 5.41) is 47.4. The van der Waals surface area contributed by atoms with Crippen molar-refractivity contribution >= 4 is 100 Å². The van der Waals surface area contributed by atoms with Crippen LogP contribution in [0.3, 0.4) is 0 Å². The fourth-order valence-electron chi connectivity index (χ4n) is 7.07. The fourth-order valence-corrected chi connectivity index (χ4v) is 7.07. The zero-order valence-corrected chi connectivity index (χ0v) is 52.5. The summed E-state index contributed by atoms with van der Waals surface area (Å²) in [6.07, 6.45) is 1.12. The van der Waals surface area contributed by atoms with Crippen molar-refractivity contribution in [3.8, 4) is 0 Å². The van der Waals surface area contributed by atoms with Gasteiger partial charge in [0.1, 0.15) is 96.7 Å². The average molecular weight is 1250 g/mol. The van der Waals surface area contributed by atoms with E-state index in [1.165, 1.54) is 111 Å². The number of carbonyl (C=O) groups excluding carboxylic acids is 16. The molecule has 0 spiro atoms. The first kappa shape index (κ1) is 79.0. The van der Waals surface area contributed by atoms with Crippen LogP contribution in [-0.4, -0.2) is 209 Å². The third-order valence-corrected chi connectivity index (χ3v) is 12.9. The van der Waals surface area contributed by atoms with E-state index < -0.39 is 197 Å². The van der Waals surface area contributed by atoms with Crippen LogP contribution in [-0.2, 0) is 81.5 Å². The van der Waals surface area contributed by atoms with Crippen LogP contribution in [0, 0.1) is 0 Å². The van der Waals surface area contributed by atoms with Gasteiger partial charge in [-0.25, -0.2) is 4.79 Å². The Kier molecular flexibility index (Phi) is 34.3. The predicted octanol–water partition coefficient (Wildman–Crippen LogP) is -7.72. The summed E-state index contributed by atoms with van der Waals surface area (Å²) in [6, 6.07) is -19.4. The van der Waals surface area contributed by atoms with Gasteiger partial charge in [0.15, 0.2) is 0 Å². The van der Waals surface area contributed by atoms with Gasteiger partial charge in [-0.2, -0.15) is 0 Å². The van der Waals surface area contributed by atoms with Crippen molar-refractivity contribution in [3.05, 3.63) is 0 Å². The van der Waals surface area contributed by atoms with Crippen molar-refractivity contribution in [2.75, 3.05) is 6.54 Å². The molecule has 16 atom stereocenters. The second-order valence-corrected chi connectivity index (χ2v) is 21.3. The molecular weight excluding hydrogens is 1160 g/mol. The molecule has 0 saturated heterocycles. The normalized spacial score (nSPS) is 16.3. The lowest BCUT2D eigenvalue weighted by molar-refractivity contribution is -0.142. The molecule has 0 fully saturated rings. The van der Waals surface area contributed by atoms with Gasteiger partial charge in [0.05, 0.1) is 0 Å². The van der Waals surface area contributed by atoms with Gasteiger partial charge < -0.3 is 95.9 Å². The second-order valence-electron chi connectivity index (χ2n) is 21.3. The molecule has 0 aromatic carbocycles. The van der Waals surface area contributed by atoms with E-state index in [1.54, 1.807) is 0 Å². The molecule has 0 aromatic rings. The van der Waals surface area contributed by atoms with Gasteiger partial charge >= 0.3 is 5.97 Å². The van der Waals surface area contributed by atoms with Gasteiger partial charge in [-0.3, -0.25) is 76.7 Å². The number of amides is 16. The maximum atomic E-state index is 13.0. The highest BCUT2D eigenvalue weighted by Gasteiger charge is 2.32. The number of rotatable bonds is 36. The number of nitrogens with two attached hydrogens (primary N) is 1. The van der Waals surface area contributed by atoms with Gasteiger partial charge in [-0.1, -0.05) is 0 Å². The van der Waals surface area contributed by atoms with E-state index in [0.29, 0.717) is 19.4 Å². The summed E-state index contributed by atoms with van der Waals surface area (Å²) in [6.45, 7) is 21.1. The molecule has 35 nitrogen and oxygen atoms in total. The van der Waals surface area contributed by atoms with E-state index in [9.17, 15) is 86.6 Å². The Hall–Kier alpha value is -9.05. The number of hydrogen-bond donors (Lipinski definition) is 18. The molecule has 0 aliphatic rings. The minimum absolute atomic E-state index is 0.122. The van der Waals surface area contributed by atoms with Crippen LogP contribution in [0.25, 0.3) is 0 Å². The van der Waals surface area contributed by atoms with Gasteiger partial charge in [0, 0.05) is 6.92 Å². The molecule has 0 heterocycles. The van der Waals surface area contributed by atoms with E-state index >= 15 is 0 Å². The molecule has 88 heavy (non-hydrogen) atoms. The van der Waals surface area contributed by atoms with E-state index in [0.717, 1.165) is 0 Å². The summed E-state index contributed by atoms with van der Waals surface area (Å²) < 4.78 is 0. The Morgan fingerprint density at radius 1 is 0.250 bits per heavy atom. The number of nitrogens with one attached hydrogen (secondary N) is 16. The lowest BCUT2D eigenvalue weighted by atomic mass is 10.1. The van der Waals surface area contributed by atoms with Crippen LogP contribution in [0.1, 0.15) is 130 Å². The van der Waals surface area contributed by atoms with Crippen LogP contribution >= 0.6 is 0 Å². The SMILES string of the molecule is CC(=O)N[C@H](C)C(=O)N[C@H](C)C(=O)N[C@H](C)C(=O)N[C@H](C)C(=O)N[C@H](C)C(=O)N[C@H](C)C(=O)N[C@H](C)C(=O)N[C@H](C)C(=O)N[C@@H](C)C(=O)N[C@@H](C)C(=O)N[C@@H](C)C(=O)N[C@@H](C)C(=O)N[C@@H](C)C(=O)N[C@@H](C)C(=O)N[C@@H](C)C(=O)N[C@@H](CCCCN)C(=O)O. The van der Waals surface area contributed by atoms with Gasteiger partial charge in [-0.15, -0.1) is 0 Å². The van der Waals surface area contributed by atoms with Crippen molar-refractivity contribution in [2.24, 2.45) is 5.73 Å². The molecule has 496 valence electrons. The monoisotopic (exact) mass is 1250 g/mol. The number of unbranched alkanes of at least 4 members (excludes halogenated alkanes) is 1. The van der Waals surface area contributed by atoms with E-state index in [1.807, 2.05) is 0 Å². The maximum absolute atomic E-state index is 13.0. The van der Waals surface area contributed by atoms with E-state index in [2.05, 4.69) is 85.1 Å². The Morgan fingerprint density at radius 2 is 0.386 bits per heavy atom. The molecule has 0 bridgehead atoms. The summed E-state index contributed by atoms with van der Waals surface area (Å²) in [5.41, 5.74) is 5.44. The van der Waals surface area contributed by atoms with E-state index in [4.69, 9.17) is 5.73 Å². The molecule has 0 unspecified atom stereocenters. The first-order chi connectivity index (χ1) is 40.6. The quantitative estimate of drug-likeness (QED) is 0.0259. The summed E-state index contributed by atoms with van der Waals surface area (Å²) in [5.74, 6) is -13.8. The van der Waals surface area contributed by atoms with Gasteiger partial charge in [0.25, 0.3) is 0 Å². The molecule has 19 N–H and O–H groups in total. The zero-order valence-electron chi connectivity index (χ0n) is 52.5. The number of carbonyl (C=O) groups is 17. The average Bonchev–Trinajstić information content (AvgIpc) is 3.56. The van der Waals surface area contributed by atoms with Crippen molar-refractivity contribution in [3.63, 3.8) is 0 Å². The Balaban J connectivity index is 5.01. The van der Waals surface area contributed by atoms with Crippen molar-refractivity contribution in [1.82, 2.24) is 85.1 Å². The molecule has 35 heteroatoms. The zero-order chi connectivity index (χ0) is 68.2. The smallest absolute Gasteiger partial charge is 0.326 e. The van der Waals surface area contributed by atoms with Crippen LogP contribution < -0.4 is 90.8 Å². The van der Waals surface area contributed by atoms with Gasteiger partial charge in [0.2, 0.25) is 94.5 Å². The first-order valence-electron chi connectivity index (χ1n) is 28.4. The third-order valence-electron chi connectivity index (χ3n) is 12.9. The predicted molar refractivity (Wildman–Crippen MR) is 312 cm³/mol. The Labute approximate surface area is 509 Å². The molecule has 0 aromatic heterocycles. The summed E-state index contributed by atoms with van der Waals surface area (Å²) >= 11 is 0. The highest BCUT2D eigenvalue weighted by Crippen LogP contribution is 2.03. The van der Waals surface area contributed by atoms with Crippen molar-refractivity contribution in [2.45, 2.75) is 227 Å². The number of carboxylic acids is 1. The summed E-state index contributed by atoms with van der Waals surface area (Å²) in [4.78, 5) is 215. The molecule has 0 saturated carbocycles. The lowest BCUT2D eigenvalue weighted by Crippen LogP contribution is -2.59. The number of hydrogen-bond acceptors (Lipinski definition) is 18. The third kappa shape index (κ3) is 28.9. The minimum atomic E-state index is -1.28. The Morgan fingerprint density at radius 3 is 0.511 bits per heavy atom. The molecule has 16 amide bonds. The molecule has 0 rings (SSSR count). The van der Waals surface area contributed by atoms with Crippen molar-refractivity contribution in [1.29, 1.82) is 0 Å². The lowest BCUT2D eigenvalue weighted by Gasteiger charge is -2.24. The molecular formula is C53H91N17O18. The highest BCUT2D eigenvalue weighted by atomic mass is 16.4. The Bertz CT molecular complexity index is 2570. The van der Waals surface area contributed by atoms with Crippen LogP contribution in [0.4, 0.5) is 0 Å². The largest absolute Gasteiger partial charge is 0.480 e. The standard InChI is InChI=1S/C53H91N17O18/c1-21(55-36(16)71)38(72)56-22(2)39(73)57-23(3)40(74)58-24(4)41(75)59-25(5)42(76)60-26(6)43(77)61-27(7)44(78)62-28(8)45(79)63-29(9)46(80)64-30(10)47(81)65-31(11)48(82)66-32(12)49(83)67-33(13)50(84)68-34(14)51(85)69-35(15)52(86)70-37(53(87)88)19-17-18-20-54/h21-35,37H,17-20,54H2,1-16H3,(H,55,71)(H,56,72)(H,57,73)(H,58,74)(H,59,75)(H,60,76)(H,61,77)(H,62,78)(H,63,79)(H,64,80)(H,65,81)(H,66,82)(H,67,83)(H,68,84)(H,69,85)(H,70,86)(H,87,88)/t21-,22-,23-,24-,25-,26-,27-,28-,29+,30+,31+,32+,33+,34+,35+,37+/m1/s1. The topological polar surface area (TPSA) is 529 Å². The van der Waals surface area contributed by atoms with Crippen molar-refractivity contribution < 1.29 is 86.6 Å². The second kappa shape index (κ2) is 38.2. The number of carboxylic acid groups (broad SMARTS) is 1. The van der Waals surface area contributed by atoms with Gasteiger partial charge in [-0.05, 0) is 130 Å². The highest BCUT2D eigenvalue weighted by molar-refractivity contribution is 6.00. The molecule has 0 aliphatic carbocycles. The maximum Gasteiger partial charge on any atom is 0.326 e. The van der Waals surface area contributed by atoms with Crippen LogP contribution in [0.5, 0.6) is 0 Å². The molecule has 0 radical (unpaired) electrons. The first-order valence-corrected chi connectivity index (χ1v) is 28.4. The minimum Gasteiger partial charge on any atom is -0.480 e. The molecule has 0 aliphatic heterocycles. The van der Waals surface area contributed by atoms with E-state index in [-0.39, 0.29) is 6.42 Å². The fraction of sp³-hybridized carbons (Fsp3) is 0.679. The summed E-state index contributed by atoms with van der Waals surface area (Å²) in [7, 11) is 0. The number of aliphatic carboxylic acids is 1. The van der Waals surface area contributed by atoms with Crippen LogP contribution in [0.2, 0.25) is 0 Å². The van der Waals surface area contributed by atoms with Crippen LogP contribution in [0.15, 0.2) is 0 Å².